The molecule has 1 aliphatic heterocycles. The van der Waals surface area contributed by atoms with Crippen LogP contribution in [0.25, 0.3) is 0 Å². The zero-order chi connectivity index (χ0) is 21.3. The fourth-order valence-electron chi connectivity index (χ4n) is 3.14. The van der Waals surface area contributed by atoms with E-state index in [9.17, 15) is 9.59 Å². The number of nitrogens with one attached hydrogen (secondary N) is 3. The summed E-state index contributed by atoms with van der Waals surface area (Å²) in [4.78, 5) is 32.9. The largest absolute Gasteiger partial charge is 0.357 e. The van der Waals surface area contributed by atoms with Crippen LogP contribution < -0.4 is 16.0 Å². The van der Waals surface area contributed by atoms with Crippen LogP contribution in [-0.2, 0) is 24.3 Å². The first-order valence-corrected chi connectivity index (χ1v) is 11.2. The van der Waals surface area contributed by atoms with Crippen LogP contribution in [0, 0.1) is 0 Å². The van der Waals surface area contributed by atoms with E-state index in [1.165, 1.54) is 9.75 Å². The van der Waals surface area contributed by atoms with Gasteiger partial charge in [0.25, 0.3) is 5.91 Å². The van der Waals surface area contributed by atoms with Crippen molar-refractivity contribution >= 4 is 29.1 Å². The third kappa shape index (κ3) is 6.06. The highest BCUT2D eigenvalue weighted by molar-refractivity contribution is 7.11. The van der Waals surface area contributed by atoms with Crippen LogP contribution in [-0.4, -0.2) is 48.9 Å². The van der Waals surface area contributed by atoms with Gasteiger partial charge in [0, 0.05) is 35.0 Å². The van der Waals surface area contributed by atoms with Gasteiger partial charge in [-0.25, -0.2) is 4.99 Å². The number of guanidine groups is 1. The molecule has 3 rings (SSSR count). The van der Waals surface area contributed by atoms with E-state index in [-0.39, 0.29) is 18.4 Å². The van der Waals surface area contributed by atoms with E-state index in [0.29, 0.717) is 25.2 Å². The fraction of sp³-hybridized carbons (Fsp3) is 0.409. The van der Waals surface area contributed by atoms with Gasteiger partial charge in [0.2, 0.25) is 5.91 Å². The number of nitrogens with zero attached hydrogens (tertiary/aromatic N) is 2. The summed E-state index contributed by atoms with van der Waals surface area (Å²) in [6, 6.07) is 11.8. The number of benzene rings is 1. The molecule has 7 nitrogen and oxygen atoms in total. The van der Waals surface area contributed by atoms with E-state index in [4.69, 9.17) is 0 Å². The van der Waals surface area contributed by atoms with Gasteiger partial charge in [0.1, 0.15) is 0 Å². The van der Waals surface area contributed by atoms with Crippen LogP contribution in [0.15, 0.2) is 41.4 Å². The zero-order valence-corrected chi connectivity index (χ0v) is 18.3. The summed E-state index contributed by atoms with van der Waals surface area (Å²) >= 11 is 1.82. The standard InChI is InChI=1S/C22H29N5O2S/c1-3-18-9-10-19(30-18)14-26-22(23-4-2)25-13-16-5-7-17(8-6-16)21(29)27-12-11-24-20(28)15-27/h5-10H,3-4,11-15H2,1-2H3,(H,24,28)(H2,23,25,26). The van der Waals surface area contributed by atoms with Crippen LogP contribution in [0.5, 0.6) is 0 Å². The van der Waals surface area contributed by atoms with Crippen molar-refractivity contribution < 1.29 is 9.59 Å². The summed E-state index contributed by atoms with van der Waals surface area (Å²) in [5.74, 6) is 0.540. The number of thiophene rings is 1. The van der Waals surface area contributed by atoms with Gasteiger partial charge in [-0.05, 0) is 43.2 Å². The first-order chi connectivity index (χ1) is 14.6. The molecule has 2 heterocycles. The summed E-state index contributed by atoms with van der Waals surface area (Å²) in [7, 11) is 0. The van der Waals surface area contributed by atoms with Crippen molar-refractivity contribution in [2.45, 2.75) is 33.4 Å². The van der Waals surface area contributed by atoms with Crippen molar-refractivity contribution in [1.29, 1.82) is 0 Å². The Morgan fingerprint density at radius 1 is 1.13 bits per heavy atom. The minimum atomic E-state index is -0.114. The summed E-state index contributed by atoms with van der Waals surface area (Å²) in [6.07, 6.45) is 1.06. The monoisotopic (exact) mass is 427 g/mol. The van der Waals surface area contributed by atoms with Crippen molar-refractivity contribution in [1.82, 2.24) is 20.9 Å². The Morgan fingerprint density at radius 3 is 2.57 bits per heavy atom. The summed E-state index contributed by atoms with van der Waals surface area (Å²) in [6.45, 7) is 7.41. The minimum Gasteiger partial charge on any atom is -0.357 e. The van der Waals surface area contributed by atoms with Gasteiger partial charge in [0.15, 0.2) is 5.96 Å². The Kier molecular flexibility index (Phi) is 7.84. The molecule has 1 aromatic heterocycles. The number of aryl methyl sites for hydroxylation is 1. The topological polar surface area (TPSA) is 85.8 Å². The molecule has 0 saturated carbocycles. The van der Waals surface area contributed by atoms with E-state index in [1.807, 2.05) is 30.4 Å². The van der Waals surface area contributed by atoms with Crippen molar-refractivity contribution in [2.24, 2.45) is 4.99 Å². The maximum Gasteiger partial charge on any atom is 0.254 e. The maximum absolute atomic E-state index is 12.6. The molecule has 0 radical (unpaired) electrons. The normalized spacial score (nSPS) is 14.4. The highest BCUT2D eigenvalue weighted by atomic mass is 32.1. The lowest BCUT2D eigenvalue weighted by Crippen LogP contribution is -2.49. The van der Waals surface area contributed by atoms with Crippen LogP contribution in [0.2, 0.25) is 0 Å². The predicted molar refractivity (Wildman–Crippen MR) is 121 cm³/mol. The Labute approximate surface area is 181 Å². The fourth-order valence-corrected chi connectivity index (χ4v) is 4.04. The second-order valence-electron chi connectivity index (χ2n) is 7.04. The van der Waals surface area contributed by atoms with Crippen molar-refractivity contribution in [3.8, 4) is 0 Å². The van der Waals surface area contributed by atoms with Crippen LogP contribution in [0.1, 0.15) is 39.5 Å². The van der Waals surface area contributed by atoms with Gasteiger partial charge < -0.3 is 20.9 Å². The maximum atomic E-state index is 12.6. The third-order valence-corrected chi connectivity index (χ3v) is 6.02. The van der Waals surface area contributed by atoms with Crippen molar-refractivity contribution in [3.05, 3.63) is 57.3 Å². The number of piperazine rings is 1. The van der Waals surface area contributed by atoms with Gasteiger partial charge in [-0.3, -0.25) is 9.59 Å². The molecule has 8 heteroatoms. The second kappa shape index (κ2) is 10.8. The van der Waals surface area contributed by atoms with Gasteiger partial charge in [0.05, 0.1) is 19.6 Å². The molecule has 0 spiro atoms. The molecule has 2 amide bonds. The molecule has 0 atom stereocenters. The molecule has 160 valence electrons. The average molecular weight is 428 g/mol. The van der Waals surface area contributed by atoms with Crippen molar-refractivity contribution in [2.75, 3.05) is 26.2 Å². The molecule has 1 fully saturated rings. The lowest BCUT2D eigenvalue weighted by Gasteiger charge is -2.26. The molecule has 30 heavy (non-hydrogen) atoms. The van der Waals surface area contributed by atoms with Crippen molar-refractivity contribution in [3.63, 3.8) is 0 Å². The smallest absolute Gasteiger partial charge is 0.254 e. The Hall–Kier alpha value is -2.87. The average Bonchev–Trinajstić information content (AvgIpc) is 3.24. The molecule has 1 aliphatic rings. The predicted octanol–water partition coefficient (Wildman–Crippen LogP) is 2.14. The molecular weight excluding hydrogens is 398 g/mol. The Morgan fingerprint density at radius 2 is 1.90 bits per heavy atom. The minimum absolute atomic E-state index is 0.113. The number of hydrogen-bond donors (Lipinski definition) is 3. The summed E-state index contributed by atoms with van der Waals surface area (Å²) in [5.41, 5.74) is 1.61. The first-order valence-electron chi connectivity index (χ1n) is 10.3. The Balaban J connectivity index is 1.57. The SMILES string of the molecule is CCNC(=NCc1ccc(C(=O)N2CCNC(=O)C2)cc1)NCc1ccc(CC)s1. The molecule has 0 unspecified atom stereocenters. The van der Waals surface area contributed by atoms with E-state index in [1.54, 1.807) is 17.0 Å². The molecule has 0 bridgehead atoms. The van der Waals surface area contributed by atoms with Crippen LogP contribution >= 0.6 is 11.3 Å². The van der Waals surface area contributed by atoms with E-state index in [2.05, 4.69) is 40.0 Å². The zero-order valence-electron chi connectivity index (χ0n) is 17.5. The quantitative estimate of drug-likeness (QED) is 0.467. The number of hydrogen-bond acceptors (Lipinski definition) is 4. The third-order valence-electron chi connectivity index (χ3n) is 4.79. The van der Waals surface area contributed by atoms with Gasteiger partial charge in [-0.2, -0.15) is 0 Å². The van der Waals surface area contributed by atoms with Gasteiger partial charge in [-0.15, -0.1) is 11.3 Å². The molecule has 1 aromatic carbocycles. The lowest BCUT2D eigenvalue weighted by molar-refractivity contribution is -0.123. The summed E-state index contributed by atoms with van der Waals surface area (Å²) < 4.78 is 0. The number of carbonyl (C=O) groups is 2. The Bertz CT molecular complexity index is 891. The highest BCUT2D eigenvalue weighted by Crippen LogP contribution is 2.16. The molecule has 0 aliphatic carbocycles. The molecular formula is C22H29N5O2S. The first kappa shape index (κ1) is 21.8. The van der Waals surface area contributed by atoms with Gasteiger partial charge in [-0.1, -0.05) is 19.1 Å². The molecule has 2 aromatic rings. The number of rotatable bonds is 7. The van der Waals surface area contributed by atoms with E-state index in [0.717, 1.165) is 31.0 Å². The van der Waals surface area contributed by atoms with Gasteiger partial charge >= 0.3 is 0 Å². The lowest BCUT2D eigenvalue weighted by atomic mass is 10.1. The number of amides is 2. The van der Waals surface area contributed by atoms with E-state index < -0.39 is 0 Å². The molecule has 1 saturated heterocycles. The van der Waals surface area contributed by atoms with Crippen LogP contribution in [0.3, 0.4) is 0 Å². The molecule has 3 N–H and O–H groups in total. The number of carbonyl (C=O) groups excluding carboxylic acids is 2. The number of aliphatic imine (C=N–C) groups is 1. The highest BCUT2D eigenvalue weighted by Gasteiger charge is 2.22. The summed E-state index contributed by atoms with van der Waals surface area (Å²) in [5, 5.41) is 9.37. The second-order valence-corrected chi connectivity index (χ2v) is 8.30. The van der Waals surface area contributed by atoms with E-state index >= 15 is 0 Å². The van der Waals surface area contributed by atoms with Crippen LogP contribution in [0.4, 0.5) is 0 Å².